The molecule has 1 fully saturated rings. The van der Waals surface area contributed by atoms with Gasteiger partial charge in [-0.3, -0.25) is 9.20 Å². The maximum absolute atomic E-state index is 12.4. The average molecular weight is 430 g/mol. The summed E-state index contributed by atoms with van der Waals surface area (Å²) in [7, 11) is 0. The summed E-state index contributed by atoms with van der Waals surface area (Å²) in [6, 6.07) is 17.0. The van der Waals surface area contributed by atoms with E-state index in [9.17, 15) is 9.90 Å². The lowest BCUT2D eigenvalue weighted by atomic mass is 9.79. The van der Waals surface area contributed by atoms with Gasteiger partial charge in [0.05, 0.1) is 0 Å². The zero-order valence-corrected chi connectivity index (χ0v) is 17.3. The fraction of sp³-hybridized carbons (Fsp3) is 0.208. The molecule has 5 rings (SSSR count). The van der Waals surface area contributed by atoms with Crippen molar-refractivity contribution in [2.24, 2.45) is 0 Å². The second-order valence-corrected chi connectivity index (χ2v) is 7.75. The maximum Gasteiger partial charge on any atom is 0.317 e. The molecular weight excluding hydrogens is 408 g/mol. The summed E-state index contributed by atoms with van der Waals surface area (Å²) in [6.45, 7) is 0.727. The van der Waals surface area contributed by atoms with E-state index in [2.05, 4.69) is 4.98 Å². The second kappa shape index (κ2) is 7.97. The van der Waals surface area contributed by atoms with Gasteiger partial charge in [-0.15, -0.1) is 0 Å². The summed E-state index contributed by atoms with van der Waals surface area (Å²) < 4.78 is 13.1. The molecule has 0 atom stereocenters. The Morgan fingerprint density at radius 2 is 1.75 bits per heavy atom. The van der Waals surface area contributed by atoms with Crippen LogP contribution in [0.5, 0.6) is 11.5 Å². The van der Waals surface area contributed by atoms with Crippen molar-refractivity contribution < 1.29 is 19.4 Å². The highest BCUT2D eigenvalue weighted by Gasteiger charge is 2.46. The fourth-order valence-corrected chi connectivity index (χ4v) is 4.16. The molecule has 32 heavy (non-hydrogen) atoms. The molecule has 2 aromatic carbocycles. The van der Waals surface area contributed by atoms with E-state index in [-0.39, 0.29) is 0 Å². The fourth-order valence-electron chi connectivity index (χ4n) is 4.16. The van der Waals surface area contributed by atoms with Crippen LogP contribution in [-0.4, -0.2) is 38.7 Å². The smallest absolute Gasteiger partial charge is 0.317 e. The van der Waals surface area contributed by atoms with Gasteiger partial charge < -0.3 is 20.3 Å². The Hall–Kier alpha value is -3.91. The molecular formula is C24H22N4O4. The summed E-state index contributed by atoms with van der Waals surface area (Å²) in [4.78, 5) is 21.4. The van der Waals surface area contributed by atoms with Crippen molar-refractivity contribution in [1.82, 2.24) is 14.4 Å². The van der Waals surface area contributed by atoms with Gasteiger partial charge in [0.2, 0.25) is 0 Å². The predicted octanol–water partition coefficient (Wildman–Crippen LogP) is 3.90. The van der Waals surface area contributed by atoms with Gasteiger partial charge in [-0.25, -0.2) is 9.97 Å². The van der Waals surface area contributed by atoms with Gasteiger partial charge in [0.15, 0.2) is 0 Å². The Balaban J connectivity index is 1.60. The van der Waals surface area contributed by atoms with Crippen molar-refractivity contribution in [3.05, 3.63) is 72.8 Å². The summed E-state index contributed by atoms with van der Waals surface area (Å²) in [5.74, 6) is 1.24. The lowest BCUT2D eigenvalue weighted by Gasteiger charge is -2.31. The van der Waals surface area contributed by atoms with Gasteiger partial charge >= 0.3 is 5.97 Å². The zero-order valence-electron chi connectivity index (χ0n) is 17.3. The van der Waals surface area contributed by atoms with E-state index in [0.717, 1.165) is 11.3 Å². The first-order valence-electron chi connectivity index (χ1n) is 10.4. The number of benzene rings is 2. The molecule has 3 N–H and O–H groups in total. The number of rotatable bonds is 5. The van der Waals surface area contributed by atoms with E-state index in [1.807, 2.05) is 54.6 Å². The number of carboxylic acid groups (broad SMARTS) is 1. The molecule has 8 nitrogen and oxygen atoms in total. The van der Waals surface area contributed by atoms with Crippen LogP contribution < -0.4 is 10.5 Å². The van der Waals surface area contributed by atoms with Crippen LogP contribution in [0.2, 0.25) is 0 Å². The van der Waals surface area contributed by atoms with Gasteiger partial charge in [-0.2, -0.15) is 0 Å². The van der Waals surface area contributed by atoms with E-state index in [4.69, 9.17) is 20.2 Å². The molecule has 1 aliphatic heterocycles. The van der Waals surface area contributed by atoms with Crippen molar-refractivity contribution in [2.75, 3.05) is 18.9 Å². The molecule has 1 saturated heterocycles. The molecule has 0 spiro atoms. The maximum atomic E-state index is 12.4. The molecule has 0 bridgehead atoms. The number of carbonyl (C=O) groups is 1. The Kier molecular flexibility index (Phi) is 4.99. The molecule has 0 aliphatic carbocycles. The second-order valence-electron chi connectivity index (χ2n) is 7.75. The number of aromatic nitrogens is 3. The minimum Gasteiger partial charge on any atom is -0.480 e. The number of anilines is 1. The number of nitrogens with zero attached hydrogens (tertiary/aromatic N) is 3. The highest BCUT2D eigenvalue weighted by Crippen LogP contribution is 2.39. The number of aliphatic carboxylic acids is 1. The number of hydrogen-bond acceptors (Lipinski definition) is 6. The molecule has 8 heteroatoms. The van der Waals surface area contributed by atoms with E-state index in [1.165, 1.54) is 0 Å². The first kappa shape index (κ1) is 20.0. The lowest BCUT2D eigenvalue weighted by molar-refractivity contribution is -0.148. The van der Waals surface area contributed by atoms with Gasteiger partial charge in [0.25, 0.3) is 0 Å². The van der Waals surface area contributed by atoms with E-state index in [1.54, 1.807) is 16.8 Å². The van der Waals surface area contributed by atoms with Crippen LogP contribution in [0.3, 0.4) is 0 Å². The van der Waals surface area contributed by atoms with Crippen molar-refractivity contribution in [2.45, 2.75) is 18.3 Å². The summed E-state index contributed by atoms with van der Waals surface area (Å²) in [6.07, 6.45) is 3.95. The predicted molar refractivity (Wildman–Crippen MR) is 119 cm³/mol. The van der Waals surface area contributed by atoms with Gasteiger partial charge in [-0.1, -0.05) is 18.2 Å². The molecule has 3 heterocycles. The van der Waals surface area contributed by atoms with Crippen LogP contribution in [0, 0.1) is 0 Å². The van der Waals surface area contributed by atoms with Crippen molar-refractivity contribution in [3.63, 3.8) is 0 Å². The van der Waals surface area contributed by atoms with Crippen LogP contribution in [0.1, 0.15) is 18.7 Å². The minimum atomic E-state index is -1.15. The summed E-state index contributed by atoms with van der Waals surface area (Å²) in [5, 5.41) is 10.2. The van der Waals surface area contributed by atoms with Gasteiger partial charge in [0, 0.05) is 31.2 Å². The number of imidazole rings is 1. The molecule has 0 saturated carbocycles. The highest BCUT2D eigenvalue weighted by atomic mass is 16.5. The Labute approximate surface area is 184 Å². The van der Waals surface area contributed by atoms with Crippen molar-refractivity contribution >= 4 is 17.3 Å². The third-order valence-corrected chi connectivity index (χ3v) is 5.87. The van der Waals surface area contributed by atoms with Gasteiger partial charge in [0.1, 0.15) is 39.8 Å². The molecule has 2 aromatic heterocycles. The average Bonchev–Trinajstić information content (AvgIpc) is 3.22. The summed E-state index contributed by atoms with van der Waals surface area (Å²) in [5.41, 5.74) is 7.04. The highest BCUT2D eigenvalue weighted by molar-refractivity contribution is 5.88. The van der Waals surface area contributed by atoms with E-state index >= 15 is 0 Å². The molecule has 0 amide bonds. The van der Waals surface area contributed by atoms with Crippen LogP contribution in [0.4, 0.5) is 5.82 Å². The lowest BCUT2D eigenvalue weighted by Crippen LogP contribution is -2.42. The first-order chi connectivity index (χ1) is 15.6. The van der Waals surface area contributed by atoms with E-state index in [0.29, 0.717) is 54.7 Å². The molecule has 4 aromatic rings. The first-order valence-corrected chi connectivity index (χ1v) is 10.4. The molecule has 0 unspecified atom stereocenters. The standard InChI is InChI=1S/C24H22N4O4/c25-21-20-19(16-6-8-18(9-7-16)32-17-4-2-1-3-5-17)27-22(28(20)13-12-26-21)24(23(29)30)10-14-31-15-11-24/h1-9,12-13H,10-11,14-15H2,(H2,25,26)(H,29,30). The Morgan fingerprint density at radius 1 is 1.06 bits per heavy atom. The molecule has 0 radical (unpaired) electrons. The normalized spacial score (nSPS) is 15.5. The number of para-hydroxylation sites is 1. The van der Waals surface area contributed by atoms with Crippen LogP contribution >= 0.6 is 0 Å². The number of fused-ring (bicyclic) bond motifs is 1. The SMILES string of the molecule is Nc1nccn2c(C3(C(=O)O)CCOCC3)nc(-c3ccc(Oc4ccccc4)cc3)c12. The third kappa shape index (κ3) is 3.34. The largest absolute Gasteiger partial charge is 0.480 e. The Bertz CT molecular complexity index is 1260. The molecule has 162 valence electrons. The van der Waals surface area contributed by atoms with Crippen LogP contribution in [0.15, 0.2) is 67.0 Å². The number of carboxylic acids is 1. The Morgan fingerprint density at radius 3 is 2.44 bits per heavy atom. The van der Waals surface area contributed by atoms with Crippen molar-refractivity contribution in [3.8, 4) is 22.8 Å². The van der Waals surface area contributed by atoms with Crippen LogP contribution in [-0.2, 0) is 14.9 Å². The van der Waals surface area contributed by atoms with E-state index < -0.39 is 11.4 Å². The minimum absolute atomic E-state index is 0.290. The summed E-state index contributed by atoms with van der Waals surface area (Å²) >= 11 is 0. The number of hydrogen-bond donors (Lipinski definition) is 2. The van der Waals surface area contributed by atoms with Crippen molar-refractivity contribution in [1.29, 1.82) is 0 Å². The number of nitrogen functional groups attached to an aromatic ring is 1. The quantitative estimate of drug-likeness (QED) is 0.494. The number of nitrogens with two attached hydrogens (primary N) is 1. The number of ether oxygens (including phenoxy) is 2. The third-order valence-electron chi connectivity index (χ3n) is 5.87. The van der Waals surface area contributed by atoms with Crippen LogP contribution in [0.25, 0.3) is 16.8 Å². The monoisotopic (exact) mass is 430 g/mol. The van der Waals surface area contributed by atoms with Gasteiger partial charge in [-0.05, 0) is 49.2 Å². The zero-order chi connectivity index (χ0) is 22.1. The molecule has 1 aliphatic rings. The topological polar surface area (TPSA) is 112 Å².